The van der Waals surface area contributed by atoms with Crippen molar-refractivity contribution in [3.05, 3.63) is 47.5 Å². The summed E-state index contributed by atoms with van der Waals surface area (Å²) in [5, 5.41) is 12.8. The van der Waals surface area contributed by atoms with Crippen molar-refractivity contribution in [3.8, 4) is 0 Å². The number of aryl methyl sites for hydroxylation is 1. The van der Waals surface area contributed by atoms with E-state index in [9.17, 15) is 22.8 Å². The number of hydrogen-bond acceptors (Lipinski definition) is 6. The summed E-state index contributed by atoms with van der Waals surface area (Å²) in [5.74, 6) is -3.05. The van der Waals surface area contributed by atoms with Crippen molar-refractivity contribution in [2.75, 3.05) is 19.7 Å². The average molecular weight is 469 g/mol. The summed E-state index contributed by atoms with van der Waals surface area (Å²) in [6, 6.07) is 3.07. The summed E-state index contributed by atoms with van der Waals surface area (Å²) < 4.78 is 33.4. The highest BCUT2D eigenvalue weighted by molar-refractivity contribution is 5.94. The van der Waals surface area contributed by atoms with Gasteiger partial charge in [0.05, 0.1) is 31.0 Å². The molecule has 2 aromatic rings. The molecule has 0 spiro atoms. The van der Waals surface area contributed by atoms with Crippen LogP contribution in [-0.4, -0.2) is 73.5 Å². The van der Waals surface area contributed by atoms with Gasteiger partial charge in [0.15, 0.2) is 6.04 Å². The van der Waals surface area contributed by atoms with Crippen LogP contribution in [-0.2, 0) is 21.0 Å². The van der Waals surface area contributed by atoms with Gasteiger partial charge in [-0.05, 0) is 37.5 Å². The number of carbonyl (C=O) groups is 3. The topological polar surface area (TPSA) is 118 Å². The molecule has 2 aromatic heterocycles. The van der Waals surface area contributed by atoms with E-state index in [1.54, 1.807) is 28.2 Å². The molecule has 0 saturated carbocycles. The normalized spacial score (nSPS) is 18.1. The van der Waals surface area contributed by atoms with Gasteiger partial charge in [0, 0.05) is 25.1 Å². The molecule has 0 radical (unpaired) electrons. The Bertz CT molecular complexity index is 1020. The smallest absolute Gasteiger partial charge is 0.475 e. The molecule has 33 heavy (non-hydrogen) atoms. The third kappa shape index (κ3) is 5.86. The molecule has 0 aromatic carbocycles. The highest BCUT2D eigenvalue weighted by Gasteiger charge is 2.38. The molecule has 1 fully saturated rings. The third-order valence-electron chi connectivity index (χ3n) is 4.98. The molecule has 2 aliphatic rings. The molecule has 4 rings (SSSR count). The number of aromatic nitrogens is 3. The molecular formula is C20H22F3N5O5. The van der Waals surface area contributed by atoms with Crippen LogP contribution in [0.3, 0.4) is 0 Å². The molecule has 4 heterocycles. The van der Waals surface area contributed by atoms with Crippen LogP contribution >= 0.6 is 0 Å². The first kappa shape index (κ1) is 24.2. The second-order valence-electron chi connectivity index (χ2n) is 7.50. The average Bonchev–Trinajstić information content (AvgIpc) is 3.26. The van der Waals surface area contributed by atoms with E-state index < -0.39 is 18.2 Å². The van der Waals surface area contributed by atoms with E-state index in [2.05, 4.69) is 10.1 Å². The van der Waals surface area contributed by atoms with Crippen LogP contribution in [0.15, 0.2) is 30.7 Å². The van der Waals surface area contributed by atoms with Gasteiger partial charge in [-0.1, -0.05) is 0 Å². The quantitative estimate of drug-likeness (QED) is 0.715. The van der Waals surface area contributed by atoms with Gasteiger partial charge < -0.3 is 10.0 Å². The van der Waals surface area contributed by atoms with Crippen LogP contribution in [0.4, 0.5) is 13.2 Å². The van der Waals surface area contributed by atoms with E-state index in [1.807, 2.05) is 19.1 Å². The van der Waals surface area contributed by atoms with Gasteiger partial charge in [0.2, 0.25) is 0 Å². The Morgan fingerprint density at radius 3 is 2.55 bits per heavy atom. The SMILES string of the molecule is Cc1cncc(C(=O)N2Cc3ccnn3C(C(=O)N3CCCCO3)C2)c1.O=C(O)C(F)(F)F. The lowest BCUT2D eigenvalue weighted by molar-refractivity contribution is -0.201. The molecule has 1 saturated heterocycles. The summed E-state index contributed by atoms with van der Waals surface area (Å²) in [7, 11) is 0. The van der Waals surface area contributed by atoms with Crippen molar-refractivity contribution in [3.63, 3.8) is 0 Å². The number of carboxylic acids is 1. The van der Waals surface area contributed by atoms with Crippen molar-refractivity contribution in [1.82, 2.24) is 24.7 Å². The molecule has 2 aliphatic heterocycles. The number of carboxylic acid groups (broad SMARTS) is 1. The van der Waals surface area contributed by atoms with Crippen molar-refractivity contribution in [1.29, 1.82) is 0 Å². The number of rotatable bonds is 2. The lowest BCUT2D eigenvalue weighted by Crippen LogP contribution is -2.49. The summed E-state index contributed by atoms with van der Waals surface area (Å²) in [6.45, 7) is 3.69. The first-order chi connectivity index (χ1) is 15.6. The summed E-state index contributed by atoms with van der Waals surface area (Å²) >= 11 is 0. The molecule has 0 bridgehead atoms. The first-order valence-corrected chi connectivity index (χ1v) is 10.1. The lowest BCUT2D eigenvalue weighted by atomic mass is 10.1. The number of alkyl halides is 3. The molecule has 13 heteroatoms. The maximum Gasteiger partial charge on any atom is 0.490 e. The van der Waals surface area contributed by atoms with Crippen LogP contribution in [0.2, 0.25) is 0 Å². The van der Waals surface area contributed by atoms with Gasteiger partial charge >= 0.3 is 12.1 Å². The third-order valence-corrected chi connectivity index (χ3v) is 4.98. The van der Waals surface area contributed by atoms with E-state index in [0.29, 0.717) is 25.3 Å². The Kier molecular flexibility index (Phi) is 7.31. The minimum absolute atomic E-state index is 0.133. The van der Waals surface area contributed by atoms with Gasteiger partial charge in [0.1, 0.15) is 0 Å². The van der Waals surface area contributed by atoms with E-state index in [1.165, 1.54) is 5.06 Å². The lowest BCUT2D eigenvalue weighted by Gasteiger charge is -2.36. The first-order valence-electron chi connectivity index (χ1n) is 10.1. The molecular weight excluding hydrogens is 447 g/mol. The monoisotopic (exact) mass is 469 g/mol. The van der Waals surface area contributed by atoms with Gasteiger partial charge in [-0.25, -0.2) is 9.86 Å². The number of fused-ring (bicyclic) bond motifs is 1. The molecule has 1 unspecified atom stereocenters. The van der Waals surface area contributed by atoms with E-state index >= 15 is 0 Å². The fourth-order valence-electron chi connectivity index (χ4n) is 3.42. The Morgan fingerprint density at radius 1 is 1.21 bits per heavy atom. The Hall–Kier alpha value is -3.48. The Balaban J connectivity index is 0.000000383. The number of carbonyl (C=O) groups excluding carboxylic acids is 2. The van der Waals surface area contributed by atoms with Crippen LogP contribution in [0.1, 0.15) is 40.5 Å². The zero-order chi connectivity index (χ0) is 24.2. The molecule has 2 amide bonds. The number of halogens is 3. The maximum absolute atomic E-state index is 13.0. The second-order valence-corrected chi connectivity index (χ2v) is 7.50. The maximum atomic E-state index is 13.0. The van der Waals surface area contributed by atoms with E-state index in [4.69, 9.17) is 14.7 Å². The number of hydrogen-bond donors (Lipinski definition) is 1. The standard InChI is InChI=1S/C18H21N5O3.C2HF3O2/c1-13-8-14(10-19-9-13)17(24)21-11-15-4-5-20-23(15)16(12-21)18(25)22-6-2-3-7-26-22;3-2(4,5)1(6)7/h4-5,8-10,16H,2-3,6-7,11-12H2,1H3;(H,6,7). The van der Waals surface area contributed by atoms with Gasteiger partial charge in [0.25, 0.3) is 11.8 Å². The highest BCUT2D eigenvalue weighted by atomic mass is 19.4. The Labute approximate surface area is 186 Å². The summed E-state index contributed by atoms with van der Waals surface area (Å²) in [5.41, 5.74) is 2.28. The minimum Gasteiger partial charge on any atom is -0.475 e. The van der Waals surface area contributed by atoms with Gasteiger partial charge in [-0.2, -0.15) is 18.3 Å². The minimum atomic E-state index is -5.08. The van der Waals surface area contributed by atoms with Crippen LogP contribution in [0.25, 0.3) is 0 Å². The zero-order valence-electron chi connectivity index (χ0n) is 17.7. The van der Waals surface area contributed by atoms with E-state index in [0.717, 1.165) is 24.1 Å². The van der Waals surface area contributed by atoms with Crippen LogP contribution in [0.5, 0.6) is 0 Å². The van der Waals surface area contributed by atoms with Gasteiger partial charge in [-0.15, -0.1) is 0 Å². The molecule has 0 aliphatic carbocycles. The van der Waals surface area contributed by atoms with Gasteiger partial charge in [-0.3, -0.25) is 24.1 Å². The fraction of sp³-hybridized carbons (Fsp3) is 0.450. The predicted octanol–water partition coefficient (Wildman–Crippen LogP) is 1.97. The van der Waals surface area contributed by atoms with E-state index in [-0.39, 0.29) is 18.4 Å². The van der Waals surface area contributed by atoms with Crippen molar-refractivity contribution >= 4 is 17.8 Å². The second kappa shape index (κ2) is 9.98. The summed E-state index contributed by atoms with van der Waals surface area (Å²) in [6.07, 6.45) is 1.72. The number of pyridine rings is 1. The molecule has 10 nitrogen and oxygen atoms in total. The number of aliphatic carboxylic acids is 1. The predicted molar refractivity (Wildman–Crippen MR) is 106 cm³/mol. The highest BCUT2D eigenvalue weighted by Crippen LogP contribution is 2.25. The zero-order valence-corrected chi connectivity index (χ0v) is 17.7. The number of amides is 2. The number of nitrogens with zero attached hydrogens (tertiary/aromatic N) is 5. The number of hydroxylamine groups is 2. The van der Waals surface area contributed by atoms with Crippen molar-refractivity contribution in [2.24, 2.45) is 0 Å². The van der Waals surface area contributed by atoms with Crippen molar-refractivity contribution in [2.45, 2.75) is 38.5 Å². The van der Waals surface area contributed by atoms with Crippen molar-refractivity contribution < 1.29 is 37.5 Å². The molecule has 1 N–H and O–H groups in total. The largest absolute Gasteiger partial charge is 0.490 e. The Morgan fingerprint density at radius 2 is 1.94 bits per heavy atom. The summed E-state index contributed by atoms with van der Waals surface area (Å²) in [4.78, 5) is 46.1. The molecule has 1 atom stereocenters. The fourth-order valence-corrected chi connectivity index (χ4v) is 3.42. The molecule has 178 valence electrons. The van der Waals surface area contributed by atoms with Crippen LogP contribution in [0, 0.1) is 6.92 Å². The van der Waals surface area contributed by atoms with Crippen LogP contribution < -0.4 is 0 Å².